The van der Waals surface area contributed by atoms with Gasteiger partial charge in [-0.2, -0.15) is 0 Å². The Kier molecular flexibility index (Phi) is 6.23. The second-order valence-electron chi connectivity index (χ2n) is 4.92. The SMILES string of the molecule is COc1ccccc1SC(C)C(=O)NCC(=O)c1ccccc1. The Labute approximate surface area is 140 Å². The summed E-state index contributed by atoms with van der Waals surface area (Å²) in [7, 11) is 1.60. The van der Waals surface area contributed by atoms with E-state index in [1.54, 1.807) is 38.3 Å². The largest absolute Gasteiger partial charge is 0.496 e. The molecule has 5 heteroatoms. The van der Waals surface area contributed by atoms with Gasteiger partial charge in [0.1, 0.15) is 5.75 Å². The van der Waals surface area contributed by atoms with Crippen molar-refractivity contribution < 1.29 is 14.3 Å². The molecule has 0 aliphatic carbocycles. The van der Waals surface area contributed by atoms with E-state index in [0.29, 0.717) is 5.56 Å². The highest BCUT2D eigenvalue weighted by Gasteiger charge is 2.17. The number of carbonyl (C=O) groups excluding carboxylic acids is 2. The molecule has 120 valence electrons. The van der Waals surface area contributed by atoms with Gasteiger partial charge in [0.05, 0.1) is 23.8 Å². The second-order valence-corrected chi connectivity index (χ2v) is 6.30. The van der Waals surface area contributed by atoms with Gasteiger partial charge in [0.25, 0.3) is 0 Å². The number of Topliss-reactive ketones (excluding diaryl/α,β-unsaturated/α-hetero) is 1. The van der Waals surface area contributed by atoms with Crippen molar-refractivity contribution in [3.8, 4) is 5.75 Å². The van der Waals surface area contributed by atoms with Crippen molar-refractivity contribution in [3.05, 3.63) is 60.2 Å². The van der Waals surface area contributed by atoms with Crippen LogP contribution in [0.1, 0.15) is 17.3 Å². The molecule has 2 aromatic carbocycles. The summed E-state index contributed by atoms with van der Waals surface area (Å²) < 4.78 is 5.28. The van der Waals surface area contributed by atoms with Gasteiger partial charge in [-0.1, -0.05) is 42.5 Å². The van der Waals surface area contributed by atoms with Crippen LogP contribution in [0.15, 0.2) is 59.5 Å². The number of para-hydroxylation sites is 1. The Balaban J connectivity index is 1.89. The minimum atomic E-state index is -0.324. The van der Waals surface area contributed by atoms with Crippen LogP contribution in [-0.4, -0.2) is 30.6 Å². The lowest BCUT2D eigenvalue weighted by Gasteiger charge is -2.13. The minimum Gasteiger partial charge on any atom is -0.496 e. The molecule has 1 N–H and O–H groups in total. The lowest BCUT2D eigenvalue weighted by molar-refractivity contribution is -0.120. The van der Waals surface area contributed by atoms with Crippen LogP contribution in [0.2, 0.25) is 0 Å². The quantitative estimate of drug-likeness (QED) is 0.626. The number of nitrogens with one attached hydrogen (secondary N) is 1. The molecule has 0 fully saturated rings. The zero-order valence-corrected chi connectivity index (χ0v) is 13.9. The number of methoxy groups -OCH3 is 1. The summed E-state index contributed by atoms with van der Waals surface area (Å²) in [5.74, 6) is 0.455. The van der Waals surface area contributed by atoms with Crippen LogP contribution in [0, 0.1) is 0 Å². The molecule has 1 atom stereocenters. The third kappa shape index (κ3) is 4.86. The number of hydrogen-bond acceptors (Lipinski definition) is 4. The number of ether oxygens (including phenoxy) is 1. The van der Waals surface area contributed by atoms with E-state index in [9.17, 15) is 9.59 Å². The fourth-order valence-corrected chi connectivity index (χ4v) is 2.99. The summed E-state index contributed by atoms with van der Waals surface area (Å²) in [6.07, 6.45) is 0. The number of ketones is 1. The Bertz CT molecular complexity index is 673. The first-order chi connectivity index (χ1) is 11.1. The van der Waals surface area contributed by atoms with E-state index >= 15 is 0 Å². The van der Waals surface area contributed by atoms with Gasteiger partial charge in [-0.15, -0.1) is 11.8 Å². The fourth-order valence-electron chi connectivity index (χ4n) is 2.00. The van der Waals surface area contributed by atoms with Crippen LogP contribution in [0.5, 0.6) is 5.75 Å². The number of thioether (sulfide) groups is 1. The van der Waals surface area contributed by atoms with Gasteiger partial charge in [-0.05, 0) is 19.1 Å². The van der Waals surface area contributed by atoms with Gasteiger partial charge >= 0.3 is 0 Å². The smallest absolute Gasteiger partial charge is 0.233 e. The first-order valence-corrected chi connectivity index (χ1v) is 8.15. The Morgan fingerprint density at radius 1 is 1.09 bits per heavy atom. The molecule has 23 heavy (non-hydrogen) atoms. The van der Waals surface area contributed by atoms with E-state index in [4.69, 9.17) is 4.74 Å². The van der Waals surface area contributed by atoms with Crippen LogP contribution in [-0.2, 0) is 4.79 Å². The van der Waals surface area contributed by atoms with Crippen molar-refractivity contribution in [2.24, 2.45) is 0 Å². The van der Waals surface area contributed by atoms with E-state index in [1.807, 2.05) is 30.3 Å². The molecule has 0 radical (unpaired) electrons. The standard InChI is InChI=1S/C18H19NO3S/c1-13(23-17-11-7-6-10-16(17)22-2)18(21)19-12-15(20)14-8-4-3-5-9-14/h3-11,13H,12H2,1-2H3,(H,19,21). The zero-order chi connectivity index (χ0) is 16.7. The highest BCUT2D eigenvalue weighted by atomic mass is 32.2. The topological polar surface area (TPSA) is 55.4 Å². The molecule has 0 aromatic heterocycles. The van der Waals surface area contributed by atoms with Gasteiger partial charge in [0.15, 0.2) is 5.78 Å². The van der Waals surface area contributed by atoms with Crippen molar-refractivity contribution in [1.29, 1.82) is 0 Å². The summed E-state index contributed by atoms with van der Waals surface area (Å²) in [4.78, 5) is 25.0. The molecular weight excluding hydrogens is 310 g/mol. The zero-order valence-electron chi connectivity index (χ0n) is 13.1. The van der Waals surface area contributed by atoms with Gasteiger partial charge in [0.2, 0.25) is 5.91 Å². The van der Waals surface area contributed by atoms with Crippen molar-refractivity contribution in [2.75, 3.05) is 13.7 Å². The normalized spacial score (nSPS) is 11.6. The molecule has 0 aliphatic rings. The Morgan fingerprint density at radius 3 is 2.43 bits per heavy atom. The molecule has 0 saturated carbocycles. The number of hydrogen-bond donors (Lipinski definition) is 1. The highest BCUT2D eigenvalue weighted by molar-refractivity contribution is 8.00. The number of carbonyl (C=O) groups is 2. The van der Waals surface area contributed by atoms with Gasteiger partial charge < -0.3 is 10.1 Å². The predicted octanol–water partition coefficient (Wildman–Crippen LogP) is 3.17. The van der Waals surface area contributed by atoms with E-state index in [-0.39, 0.29) is 23.5 Å². The molecule has 1 unspecified atom stereocenters. The van der Waals surface area contributed by atoms with E-state index in [2.05, 4.69) is 5.32 Å². The molecule has 0 spiro atoms. The van der Waals surface area contributed by atoms with Crippen LogP contribution in [0.4, 0.5) is 0 Å². The van der Waals surface area contributed by atoms with Gasteiger partial charge in [-0.3, -0.25) is 9.59 Å². The Hall–Kier alpha value is -2.27. The summed E-state index contributed by atoms with van der Waals surface area (Å²) in [5.41, 5.74) is 0.595. The highest BCUT2D eigenvalue weighted by Crippen LogP contribution is 2.31. The molecule has 4 nitrogen and oxygen atoms in total. The molecule has 0 heterocycles. The number of benzene rings is 2. The van der Waals surface area contributed by atoms with Crippen molar-refractivity contribution in [2.45, 2.75) is 17.1 Å². The first kappa shape index (κ1) is 17.1. The predicted molar refractivity (Wildman–Crippen MR) is 92.1 cm³/mol. The summed E-state index contributed by atoms with van der Waals surface area (Å²) in [6, 6.07) is 16.5. The lowest BCUT2D eigenvalue weighted by atomic mass is 10.1. The third-order valence-electron chi connectivity index (χ3n) is 3.26. The monoisotopic (exact) mass is 329 g/mol. The van der Waals surface area contributed by atoms with Crippen LogP contribution in [0.3, 0.4) is 0 Å². The Morgan fingerprint density at radius 2 is 1.74 bits per heavy atom. The number of rotatable bonds is 7. The van der Waals surface area contributed by atoms with Crippen molar-refractivity contribution >= 4 is 23.5 Å². The van der Waals surface area contributed by atoms with Gasteiger partial charge in [-0.25, -0.2) is 0 Å². The molecule has 0 saturated heterocycles. The van der Waals surface area contributed by atoms with E-state index in [1.165, 1.54) is 11.8 Å². The lowest BCUT2D eigenvalue weighted by Crippen LogP contribution is -2.35. The molecule has 2 aromatic rings. The van der Waals surface area contributed by atoms with Crippen LogP contribution in [0.25, 0.3) is 0 Å². The maximum absolute atomic E-state index is 12.2. The number of amides is 1. The van der Waals surface area contributed by atoms with Crippen molar-refractivity contribution in [3.63, 3.8) is 0 Å². The average Bonchev–Trinajstić information content (AvgIpc) is 2.60. The molecule has 1 amide bonds. The molecule has 2 rings (SSSR count). The van der Waals surface area contributed by atoms with E-state index < -0.39 is 0 Å². The summed E-state index contributed by atoms with van der Waals surface area (Å²) >= 11 is 1.40. The molecule has 0 aliphatic heterocycles. The van der Waals surface area contributed by atoms with Gasteiger partial charge in [0, 0.05) is 5.56 Å². The summed E-state index contributed by atoms with van der Waals surface area (Å²) in [5, 5.41) is 2.36. The second kappa shape index (κ2) is 8.39. The maximum Gasteiger partial charge on any atom is 0.233 e. The van der Waals surface area contributed by atoms with Crippen molar-refractivity contribution in [1.82, 2.24) is 5.32 Å². The molecular formula is C18H19NO3S. The fraction of sp³-hybridized carbons (Fsp3) is 0.222. The van der Waals surface area contributed by atoms with Crippen LogP contribution >= 0.6 is 11.8 Å². The van der Waals surface area contributed by atoms with Crippen LogP contribution < -0.4 is 10.1 Å². The molecule has 0 bridgehead atoms. The average molecular weight is 329 g/mol. The third-order valence-corrected chi connectivity index (χ3v) is 4.42. The maximum atomic E-state index is 12.2. The first-order valence-electron chi connectivity index (χ1n) is 7.27. The van der Waals surface area contributed by atoms with E-state index in [0.717, 1.165) is 10.6 Å². The minimum absolute atomic E-state index is 0.000326. The summed E-state index contributed by atoms with van der Waals surface area (Å²) in [6.45, 7) is 1.80.